The first kappa shape index (κ1) is 17.9. The average molecular weight is 387 g/mol. The molecule has 4 rings (SSSR count). The molecule has 28 heavy (non-hydrogen) atoms. The standard InChI is InChI=1S/C21H17N5OS/c1-13-19(28-20(24-13)16-6-4-9-22-12-16)18-8-10-23-21(26-18)25-17-7-3-5-15(11-17)14(2)27/h3-12H,1-2H3,(H,23,25,26). The third-order valence-corrected chi connectivity index (χ3v) is 5.35. The number of rotatable bonds is 5. The number of nitrogens with one attached hydrogen (secondary N) is 1. The Morgan fingerprint density at radius 3 is 2.75 bits per heavy atom. The highest BCUT2D eigenvalue weighted by Crippen LogP contribution is 2.34. The van der Waals surface area contributed by atoms with Gasteiger partial charge in [0.2, 0.25) is 5.95 Å². The van der Waals surface area contributed by atoms with Crippen LogP contribution in [-0.2, 0) is 0 Å². The van der Waals surface area contributed by atoms with Crippen molar-refractivity contribution in [3.05, 3.63) is 72.3 Å². The molecule has 6 nitrogen and oxygen atoms in total. The van der Waals surface area contributed by atoms with Gasteiger partial charge in [-0.2, -0.15) is 0 Å². The number of Topliss-reactive ketones (excluding diaryl/α,β-unsaturated/α-hetero) is 1. The van der Waals surface area contributed by atoms with Gasteiger partial charge in [0.15, 0.2) is 5.78 Å². The number of hydrogen-bond donors (Lipinski definition) is 1. The third kappa shape index (κ3) is 3.79. The van der Waals surface area contributed by atoms with Gasteiger partial charge in [-0.05, 0) is 44.2 Å². The van der Waals surface area contributed by atoms with Crippen LogP contribution in [0.1, 0.15) is 23.0 Å². The van der Waals surface area contributed by atoms with Gasteiger partial charge in [-0.15, -0.1) is 11.3 Å². The largest absolute Gasteiger partial charge is 0.324 e. The van der Waals surface area contributed by atoms with Gasteiger partial charge < -0.3 is 5.32 Å². The summed E-state index contributed by atoms with van der Waals surface area (Å²) in [5.41, 5.74) is 4.09. The minimum absolute atomic E-state index is 0.0153. The van der Waals surface area contributed by atoms with Crippen LogP contribution in [0.4, 0.5) is 11.6 Å². The summed E-state index contributed by atoms with van der Waals surface area (Å²) in [6, 6.07) is 13.0. The predicted molar refractivity (Wildman–Crippen MR) is 111 cm³/mol. The van der Waals surface area contributed by atoms with Gasteiger partial charge >= 0.3 is 0 Å². The lowest BCUT2D eigenvalue weighted by molar-refractivity contribution is 0.101. The molecule has 1 N–H and O–H groups in total. The first-order valence-electron chi connectivity index (χ1n) is 8.69. The molecule has 4 aromatic rings. The van der Waals surface area contributed by atoms with Crippen molar-refractivity contribution in [1.29, 1.82) is 0 Å². The summed E-state index contributed by atoms with van der Waals surface area (Å²) in [5.74, 6) is 0.482. The maximum absolute atomic E-state index is 11.6. The van der Waals surface area contributed by atoms with Crippen LogP contribution >= 0.6 is 11.3 Å². The molecule has 138 valence electrons. The van der Waals surface area contributed by atoms with Gasteiger partial charge in [0, 0.05) is 35.4 Å². The van der Waals surface area contributed by atoms with E-state index in [-0.39, 0.29) is 5.78 Å². The number of aromatic nitrogens is 4. The molecule has 0 amide bonds. The predicted octanol–water partition coefficient (Wildman–Crippen LogP) is 4.92. The fourth-order valence-corrected chi connectivity index (χ4v) is 3.76. The molecule has 1 aromatic carbocycles. The zero-order valence-electron chi connectivity index (χ0n) is 15.4. The van der Waals surface area contributed by atoms with E-state index in [2.05, 4.69) is 25.3 Å². The molecule has 0 fully saturated rings. The van der Waals surface area contributed by atoms with Crippen molar-refractivity contribution in [3.8, 4) is 21.1 Å². The molecule has 0 atom stereocenters. The zero-order valence-corrected chi connectivity index (χ0v) is 16.2. The number of hydrogen-bond acceptors (Lipinski definition) is 7. The first-order chi connectivity index (χ1) is 13.6. The fourth-order valence-electron chi connectivity index (χ4n) is 2.74. The van der Waals surface area contributed by atoms with E-state index in [0.29, 0.717) is 11.5 Å². The SMILES string of the molecule is CC(=O)c1cccc(Nc2nccc(-c3sc(-c4cccnc4)nc3C)n2)c1. The van der Waals surface area contributed by atoms with Crippen molar-refractivity contribution in [3.63, 3.8) is 0 Å². The molecule has 7 heteroatoms. The summed E-state index contributed by atoms with van der Waals surface area (Å²) in [4.78, 5) is 30.3. The lowest BCUT2D eigenvalue weighted by atomic mass is 10.1. The quantitative estimate of drug-likeness (QED) is 0.490. The first-order valence-corrected chi connectivity index (χ1v) is 9.51. The number of carbonyl (C=O) groups is 1. The molecule has 0 aliphatic heterocycles. The molecule has 3 aromatic heterocycles. The van der Waals surface area contributed by atoms with Crippen molar-refractivity contribution in [2.75, 3.05) is 5.32 Å². The number of aryl methyl sites for hydroxylation is 1. The van der Waals surface area contributed by atoms with Crippen LogP contribution in [0.25, 0.3) is 21.1 Å². The Kier molecular flexibility index (Phi) is 4.90. The molecule has 0 saturated carbocycles. The molecular weight excluding hydrogens is 370 g/mol. The number of pyridine rings is 1. The Morgan fingerprint density at radius 1 is 1.07 bits per heavy atom. The summed E-state index contributed by atoms with van der Waals surface area (Å²) in [5, 5.41) is 4.07. The second-order valence-corrected chi connectivity index (χ2v) is 7.20. The Morgan fingerprint density at radius 2 is 1.96 bits per heavy atom. The van der Waals surface area contributed by atoms with Gasteiger partial charge in [-0.25, -0.2) is 15.0 Å². The minimum Gasteiger partial charge on any atom is -0.324 e. The van der Waals surface area contributed by atoms with Crippen LogP contribution < -0.4 is 5.32 Å². The summed E-state index contributed by atoms with van der Waals surface area (Å²) in [6.45, 7) is 3.51. The summed E-state index contributed by atoms with van der Waals surface area (Å²) >= 11 is 1.57. The molecular formula is C21H17N5OS. The van der Waals surface area contributed by atoms with E-state index in [9.17, 15) is 4.79 Å². The summed E-state index contributed by atoms with van der Waals surface area (Å²) < 4.78 is 0. The minimum atomic E-state index is 0.0153. The van der Waals surface area contributed by atoms with Gasteiger partial charge in [0.25, 0.3) is 0 Å². The van der Waals surface area contributed by atoms with Crippen molar-refractivity contribution in [2.24, 2.45) is 0 Å². The molecule has 0 aliphatic rings. The molecule has 0 aliphatic carbocycles. The monoisotopic (exact) mass is 387 g/mol. The van der Waals surface area contributed by atoms with E-state index < -0.39 is 0 Å². The third-order valence-electron chi connectivity index (χ3n) is 4.12. The second-order valence-electron chi connectivity index (χ2n) is 6.20. The van der Waals surface area contributed by atoms with Gasteiger partial charge in [0.05, 0.1) is 16.3 Å². The normalized spacial score (nSPS) is 10.6. The number of carbonyl (C=O) groups excluding carboxylic acids is 1. The molecule has 3 heterocycles. The smallest absolute Gasteiger partial charge is 0.227 e. The van der Waals surface area contributed by atoms with Crippen LogP contribution in [0.5, 0.6) is 0 Å². The van der Waals surface area contributed by atoms with Crippen molar-refractivity contribution < 1.29 is 4.79 Å². The van der Waals surface area contributed by atoms with E-state index in [0.717, 1.165) is 32.5 Å². The highest BCUT2D eigenvalue weighted by Gasteiger charge is 2.13. The molecule has 0 saturated heterocycles. The maximum Gasteiger partial charge on any atom is 0.227 e. The summed E-state index contributed by atoms with van der Waals surface area (Å²) in [7, 11) is 0. The molecule has 0 spiro atoms. The Bertz CT molecular complexity index is 1140. The van der Waals surface area contributed by atoms with E-state index in [4.69, 9.17) is 0 Å². The van der Waals surface area contributed by atoms with Gasteiger partial charge in [0.1, 0.15) is 5.01 Å². The van der Waals surface area contributed by atoms with Crippen LogP contribution in [0.3, 0.4) is 0 Å². The molecule has 0 radical (unpaired) electrons. The lowest BCUT2D eigenvalue weighted by Crippen LogP contribution is -1.99. The van der Waals surface area contributed by atoms with Crippen LogP contribution in [0.15, 0.2) is 61.1 Å². The van der Waals surface area contributed by atoms with Gasteiger partial charge in [-0.1, -0.05) is 12.1 Å². The number of benzene rings is 1. The second kappa shape index (κ2) is 7.66. The highest BCUT2D eigenvalue weighted by molar-refractivity contribution is 7.18. The molecule has 0 unspecified atom stereocenters. The van der Waals surface area contributed by atoms with Gasteiger partial charge in [-0.3, -0.25) is 9.78 Å². The van der Waals surface area contributed by atoms with Crippen LogP contribution in [-0.4, -0.2) is 25.7 Å². The van der Waals surface area contributed by atoms with E-state index >= 15 is 0 Å². The fraction of sp³-hybridized carbons (Fsp3) is 0.0952. The number of nitrogens with zero attached hydrogens (tertiary/aromatic N) is 4. The van der Waals surface area contributed by atoms with Crippen molar-refractivity contribution in [2.45, 2.75) is 13.8 Å². The Hall–Kier alpha value is -3.45. The highest BCUT2D eigenvalue weighted by atomic mass is 32.1. The van der Waals surface area contributed by atoms with E-state index in [1.807, 2.05) is 37.3 Å². The van der Waals surface area contributed by atoms with Crippen molar-refractivity contribution in [1.82, 2.24) is 19.9 Å². The summed E-state index contributed by atoms with van der Waals surface area (Å²) in [6.07, 6.45) is 5.26. The van der Waals surface area contributed by atoms with Crippen molar-refractivity contribution >= 4 is 28.8 Å². The average Bonchev–Trinajstić information content (AvgIpc) is 3.11. The molecule has 0 bridgehead atoms. The Labute approximate surface area is 166 Å². The van der Waals surface area contributed by atoms with Crippen LogP contribution in [0.2, 0.25) is 0 Å². The topological polar surface area (TPSA) is 80.7 Å². The van der Waals surface area contributed by atoms with E-state index in [1.165, 1.54) is 0 Å². The maximum atomic E-state index is 11.6. The lowest BCUT2D eigenvalue weighted by Gasteiger charge is -2.07. The van der Waals surface area contributed by atoms with Crippen LogP contribution in [0, 0.1) is 6.92 Å². The number of thiazole rings is 1. The van der Waals surface area contributed by atoms with E-state index in [1.54, 1.807) is 49.0 Å². The zero-order chi connectivity index (χ0) is 19.5. The Balaban J connectivity index is 1.64. The number of anilines is 2. The number of ketones is 1.